The van der Waals surface area contributed by atoms with E-state index >= 15 is 0 Å². The standard InChI is InChI=1S/C19H22N4O2/c1-13-3-6-15(7-4-13)19(24)21-10-9-20-11-16-12-22-23-18(16)17-8-5-14(2)25-17/h3-8,12,20H,9-11H2,1-2H3,(H,21,24)(H,22,23). The van der Waals surface area contributed by atoms with Crippen LogP contribution in [0.3, 0.4) is 0 Å². The van der Waals surface area contributed by atoms with Crippen LogP contribution in [0.1, 0.15) is 27.2 Å². The van der Waals surface area contributed by atoms with Crippen molar-refractivity contribution in [2.75, 3.05) is 13.1 Å². The number of aromatic nitrogens is 2. The molecule has 0 fully saturated rings. The van der Waals surface area contributed by atoms with E-state index in [0.29, 0.717) is 25.2 Å². The van der Waals surface area contributed by atoms with Gasteiger partial charge < -0.3 is 15.1 Å². The molecule has 0 aliphatic carbocycles. The first-order valence-electron chi connectivity index (χ1n) is 8.28. The molecule has 2 heterocycles. The van der Waals surface area contributed by atoms with E-state index in [9.17, 15) is 4.79 Å². The van der Waals surface area contributed by atoms with Crippen LogP contribution >= 0.6 is 0 Å². The van der Waals surface area contributed by atoms with Crippen LogP contribution in [0.2, 0.25) is 0 Å². The van der Waals surface area contributed by atoms with Crippen LogP contribution in [-0.2, 0) is 6.54 Å². The molecule has 0 saturated heterocycles. The maximum atomic E-state index is 12.0. The Bertz CT molecular complexity index is 833. The van der Waals surface area contributed by atoms with Gasteiger partial charge in [-0.05, 0) is 38.1 Å². The molecule has 0 atom stereocenters. The zero-order valence-electron chi connectivity index (χ0n) is 14.4. The number of carbonyl (C=O) groups excluding carboxylic acids is 1. The number of hydrogen-bond donors (Lipinski definition) is 3. The van der Waals surface area contributed by atoms with Crippen molar-refractivity contribution in [2.45, 2.75) is 20.4 Å². The number of H-pyrrole nitrogens is 1. The minimum absolute atomic E-state index is 0.0585. The first-order chi connectivity index (χ1) is 12.1. The molecule has 3 N–H and O–H groups in total. The fourth-order valence-corrected chi connectivity index (χ4v) is 2.52. The third kappa shape index (κ3) is 4.36. The molecule has 130 valence electrons. The minimum atomic E-state index is -0.0585. The molecule has 1 aromatic carbocycles. The van der Waals surface area contributed by atoms with Crippen LogP contribution in [0.4, 0.5) is 0 Å². The number of nitrogens with zero attached hydrogens (tertiary/aromatic N) is 1. The second-order valence-electron chi connectivity index (χ2n) is 5.98. The van der Waals surface area contributed by atoms with Crippen LogP contribution in [0.15, 0.2) is 47.0 Å². The first kappa shape index (κ1) is 17.0. The molecule has 0 radical (unpaired) electrons. The van der Waals surface area contributed by atoms with E-state index in [2.05, 4.69) is 20.8 Å². The fourth-order valence-electron chi connectivity index (χ4n) is 2.52. The highest BCUT2D eigenvalue weighted by Crippen LogP contribution is 2.23. The maximum Gasteiger partial charge on any atom is 0.251 e. The number of nitrogens with one attached hydrogen (secondary N) is 3. The van der Waals surface area contributed by atoms with Crippen molar-refractivity contribution in [3.05, 3.63) is 65.0 Å². The second kappa shape index (κ2) is 7.81. The Balaban J connectivity index is 1.44. The van der Waals surface area contributed by atoms with Gasteiger partial charge in [-0.1, -0.05) is 17.7 Å². The number of aromatic amines is 1. The molecule has 1 amide bonds. The lowest BCUT2D eigenvalue weighted by Crippen LogP contribution is -2.31. The first-order valence-corrected chi connectivity index (χ1v) is 8.28. The van der Waals surface area contributed by atoms with E-state index in [4.69, 9.17) is 4.42 Å². The molecule has 25 heavy (non-hydrogen) atoms. The Morgan fingerprint density at radius 2 is 1.92 bits per heavy atom. The highest BCUT2D eigenvalue weighted by molar-refractivity contribution is 5.94. The SMILES string of the molecule is Cc1ccc(C(=O)NCCNCc2cn[nH]c2-c2ccc(C)o2)cc1. The number of carbonyl (C=O) groups is 1. The molecule has 0 saturated carbocycles. The predicted molar refractivity (Wildman–Crippen MR) is 96.2 cm³/mol. The lowest BCUT2D eigenvalue weighted by Gasteiger charge is -2.07. The summed E-state index contributed by atoms with van der Waals surface area (Å²) in [5, 5.41) is 13.3. The topological polar surface area (TPSA) is 83.0 Å². The van der Waals surface area contributed by atoms with Gasteiger partial charge >= 0.3 is 0 Å². The average molecular weight is 338 g/mol. The highest BCUT2D eigenvalue weighted by Gasteiger charge is 2.10. The van der Waals surface area contributed by atoms with E-state index in [0.717, 1.165) is 28.3 Å². The Morgan fingerprint density at radius 1 is 1.12 bits per heavy atom. The van der Waals surface area contributed by atoms with Crippen molar-refractivity contribution in [1.82, 2.24) is 20.8 Å². The fraction of sp³-hybridized carbons (Fsp3) is 0.263. The zero-order valence-corrected chi connectivity index (χ0v) is 14.4. The highest BCUT2D eigenvalue weighted by atomic mass is 16.3. The summed E-state index contributed by atoms with van der Waals surface area (Å²) < 4.78 is 5.63. The lowest BCUT2D eigenvalue weighted by molar-refractivity contribution is 0.0954. The number of aryl methyl sites for hydroxylation is 2. The molecule has 0 aliphatic rings. The van der Waals surface area contributed by atoms with Gasteiger partial charge in [-0.3, -0.25) is 9.89 Å². The summed E-state index contributed by atoms with van der Waals surface area (Å²) in [7, 11) is 0. The summed E-state index contributed by atoms with van der Waals surface area (Å²) in [5.74, 6) is 1.58. The van der Waals surface area contributed by atoms with Gasteiger partial charge in [-0.15, -0.1) is 0 Å². The van der Waals surface area contributed by atoms with E-state index in [-0.39, 0.29) is 5.91 Å². The maximum absolute atomic E-state index is 12.0. The van der Waals surface area contributed by atoms with Gasteiger partial charge in [0.15, 0.2) is 5.76 Å². The van der Waals surface area contributed by atoms with Gasteiger partial charge in [-0.2, -0.15) is 5.10 Å². The number of furan rings is 1. The van der Waals surface area contributed by atoms with E-state index in [1.807, 2.05) is 50.2 Å². The molecule has 0 spiro atoms. The molecule has 0 unspecified atom stereocenters. The van der Waals surface area contributed by atoms with Gasteiger partial charge in [0.25, 0.3) is 5.91 Å². The van der Waals surface area contributed by atoms with Crippen LogP contribution in [0, 0.1) is 13.8 Å². The monoisotopic (exact) mass is 338 g/mol. The van der Waals surface area contributed by atoms with Crippen LogP contribution in [0.5, 0.6) is 0 Å². The number of rotatable bonds is 7. The third-order valence-corrected chi connectivity index (χ3v) is 3.92. The Hall–Kier alpha value is -2.86. The Morgan fingerprint density at radius 3 is 2.64 bits per heavy atom. The lowest BCUT2D eigenvalue weighted by atomic mass is 10.1. The van der Waals surface area contributed by atoms with Crippen molar-refractivity contribution < 1.29 is 9.21 Å². The van der Waals surface area contributed by atoms with Crippen LogP contribution in [0.25, 0.3) is 11.5 Å². The van der Waals surface area contributed by atoms with Gasteiger partial charge in [0.1, 0.15) is 11.5 Å². The summed E-state index contributed by atoms with van der Waals surface area (Å²) in [4.78, 5) is 12.0. The van der Waals surface area contributed by atoms with Gasteiger partial charge in [0.05, 0.1) is 6.20 Å². The van der Waals surface area contributed by atoms with Gasteiger partial charge in [0, 0.05) is 30.8 Å². The Kier molecular flexibility index (Phi) is 5.30. The molecule has 6 nitrogen and oxygen atoms in total. The quantitative estimate of drug-likeness (QED) is 0.579. The summed E-state index contributed by atoms with van der Waals surface area (Å²) in [6.07, 6.45) is 1.78. The number of hydrogen-bond acceptors (Lipinski definition) is 4. The van der Waals surface area contributed by atoms with Crippen LogP contribution in [-0.4, -0.2) is 29.2 Å². The molecule has 3 aromatic rings. The largest absolute Gasteiger partial charge is 0.460 e. The summed E-state index contributed by atoms with van der Waals surface area (Å²) in [6.45, 7) is 5.78. The molecular formula is C19H22N4O2. The number of benzene rings is 1. The molecule has 0 aliphatic heterocycles. The molecule has 6 heteroatoms. The van der Waals surface area contributed by atoms with Crippen molar-refractivity contribution in [3.63, 3.8) is 0 Å². The van der Waals surface area contributed by atoms with E-state index < -0.39 is 0 Å². The summed E-state index contributed by atoms with van der Waals surface area (Å²) in [6, 6.07) is 11.4. The normalized spacial score (nSPS) is 10.8. The van der Waals surface area contributed by atoms with Crippen molar-refractivity contribution in [1.29, 1.82) is 0 Å². The summed E-state index contributed by atoms with van der Waals surface area (Å²) >= 11 is 0. The molecule has 0 bridgehead atoms. The smallest absolute Gasteiger partial charge is 0.251 e. The van der Waals surface area contributed by atoms with Crippen molar-refractivity contribution >= 4 is 5.91 Å². The van der Waals surface area contributed by atoms with Gasteiger partial charge in [-0.25, -0.2) is 0 Å². The summed E-state index contributed by atoms with van der Waals surface area (Å²) in [5.41, 5.74) is 3.72. The molecular weight excluding hydrogens is 316 g/mol. The zero-order chi connectivity index (χ0) is 17.6. The predicted octanol–water partition coefficient (Wildman–Crippen LogP) is 2.81. The van der Waals surface area contributed by atoms with Crippen LogP contribution < -0.4 is 10.6 Å². The Labute approximate surface area is 146 Å². The third-order valence-electron chi connectivity index (χ3n) is 3.92. The van der Waals surface area contributed by atoms with E-state index in [1.165, 1.54) is 0 Å². The minimum Gasteiger partial charge on any atom is -0.460 e. The molecule has 2 aromatic heterocycles. The number of amides is 1. The molecule has 3 rings (SSSR count). The second-order valence-corrected chi connectivity index (χ2v) is 5.98. The van der Waals surface area contributed by atoms with Gasteiger partial charge in [0.2, 0.25) is 0 Å². The average Bonchev–Trinajstić information content (AvgIpc) is 3.23. The van der Waals surface area contributed by atoms with Crippen molar-refractivity contribution in [2.24, 2.45) is 0 Å². The van der Waals surface area contributed by atoms with E-state index in [1.54, 1.807) is 6.20 Å². The van der Waals surface area contributed by atoms with Crippen molar-refractivity contribution in [3.8, 4) is 11.5 Å².